The molecule has 3 nitrogen and oxygen atoms in total. The van der Waals surface area contributed by atoms with Gasteiger partial charge < -0.3 is 14.9 Å². The molecular formula is C29H52O3. The lowest BCUT2D eigenvalue weighted by Crippen LogP contribution is -2.55. The SMILES string of the molecule is COCCC(C)(O)CC[C@@H](C)[C@H]1CC[C@H]2[C@@H]3CC[C@H]4C[C@@](C)(O)CC[C@]4(C)[C@H]3CC[C@]12C. The second-order valence-electron chi connectivity index (χ2n) is 13.8. The van der Waals surface area contributed by atoms with E-state index < -0.39 is 11.2 Å². The predicted molar refractivity (Wildman–Crippen MR) is 131 cm³/mol. The maximum Gasteiger partial charge on any atom is 0.0641 e. The molecule has 1 unspecified atom stereocenters. The number of hydrogen-bond acceptors (Lipinski definition) is 3. The van der Waals surface area contributed by atoms with Crippen LogP contribution >= 0.6 is 0 Å². The topological polar surface area (TPSA) is 49.7 Å². The molecule has 3 heteroatoms. The molecule has 2 N–H and O–H groups in total. The third-order valence-corrected chi connectivity index (χ3v) is 11.7. The van der Waals surface area contributed by atoms with Crippen LogP contribution in [-0.4, -0.2) is 35.1 Å². The fraction of sp³-hybridized carbons (Fsp3) is 1.00. The van der Waals surface area contributed by atoms with Crippen molar-refractivity contribution in [1.29, 1.82) is 0 Å². The molecular weight excluding hydrogens is 396 g/mol. The quantitative estimate of drug-likeness (QED) is 0.461. The minimum absolute atomic E-state index is 0.432. The molecule has 10 atom stereocenters. The van der Waals surface area contributed by atoms with E-state index in [1.807, 2.05) is 6.92 Å². The first kappa shape index (κ1) is 25.0. The number of hydrogen-bond donors (Lipinski definition) is 2. The van der Waals surface area contributed by atoms with Crippen molar-refractivity contribution in [1.82, 2.24) is 0 Å². The highest BCUT2D eigenvalue weighted by Gasteiger charge is 2.61. The number of aliphatic hydroxyl groups is 2. The summed E-state index contributed by atoms with van der Waals surface area (Å²) in [4.78, 5) is 0. The molecule has 0 spiro atoms. The van der Waals surface area contributed by atoms with Gasteiger partial charge in [-0.15, -0.1) is 0 Å². The molecule has 0 aromatic heterocycles. The van der Waals surface area contributed by atoms with Gasteiger partial charge in [-0.1, -0.05) is 20.8 Å². The molecule has 4 aliphatic carbocycles. The Morgan fingerprint density at radius 1 is 0.938 bits per heavy atom. The van der Waals surface area contributed by atoms with E-state index >= 15 is 0 Å². The van der Waals surface area contributed by atoms with Gasteiger partial charge in [0.25, 0.3) is 0 Å². The molecule has 4 rings (SSSR count). The molecule has 4 aliphatic rings. The molecule has 0 saturated heterocycles. The van der Waals surface area contributed by atoms with Crippen molar-refractivity contribution in [3.05, 3.63) is 0 Å². The van der Waals surface area contributed by atoms with Crippen molar-refractivity contribution >= 4 is 0 Å². The first-order valence-electron chi connectivity index (χ1n) is 13.9. The molecule has 0 amide bonds. The van der Waals surface area contributed by atoms with Crippen LogP contribution in [0.1, 0.15) is 112 Å². The minimum Gasteiger partial charge on any atom is -0.390 e. The summed E-state index contributed by atoms with van der Waals surface area (Å²) in [6, 6.07) is 0. The standard InChI is InChI=1S/C29H52O3/c1-20(11-13-26(2,30)17-18-32-6)23-9-10-24-22-8-7-21-19-27(3,31)15-16-28(21,4)25(22)12-14-29(23,24)5/h20-25,30-31H,7-19H2,1-6H3/t20-,21+,22+,23-,24+,25+,26?,27+,28+,29-/m1/s1. The first-order chi connectivity index (χ1) is 14.9. The van der Waals surface area contributed by atoms with Gasteiger partial charge in [-0.3, -0.25) is 0 Å². The van der Waals surface area contributed by atoms with Crippen molar-refractivity contribution in [2.24, 2.45) is 46.3 Å². The molecule has 0 aliphatic heterocycles. The summed E-state index contributed by atoms with van der Waals surface area (Å²) in [5.74, 6) is 4.89. The fourth-order valence-corrected chi connectivity index (χ4v) is 9.59. The molecule has 0 heterocycles. The van der Waals surface area contributed by atoms with E-state index in [2.05, 4.69) is 27.7 Å². The van der Waals surface area contributed by atoms with E-state index in [9.17, 15) is 10.2 Å². The van der Waals surface area contributed by atoms with E-state index in [1.54, 1.807) is 7.11 Å². The Bertz CT molecular complexity index is 657. The average molecular weight is 449 g/mol. The summed E-state index contributed by atoms with van der Waals surface area (Å²) in [5, 5.41) is 21.5. The fourth-order valence-electron chi connectivity index (χ4n) is 9.59. The second kappa shape index (κ2) is 8.83. The van der Waals surface area contributed by atoms with E-state index in [0.717, 1.165) is 61.7 Å². The zero-order chi connectivity index (χ0) is 23.4. The molecule has 32 heavy (non-hydrogen) atoms. The first-order valence-corrected chi connectivity index (χ1v) is 13.9. The summed E-state index contributed by atoms with van der Waals surface area (Å²) in [5.41, 5.74) is -0.0902. The van der Waals surface area contributed by atoms with Crippen molar-refractivity contribution in [2.45, 2.75) is 123 Å². The van der Waals surface area contributed by atoms with Crippen LogP contribution in [-0.2, 0) is 4.74 Å². The van der Waals surface area contributed by atoms with Crippen LogP contribution in [0.25, 0.3) is 0 Å². The maximum absolute atomic E-state index is 10.8. The Kier molecular flexibility index (Phi) is 6.89. The van der Waals surface area contributed by atoms with Crippen LogP contribution in [0, 0.1) is 46.3 Å². The largest absolute Gasteiger partial charge is 0.390 e. The third kappa shape index (κ3) is 4.44. The molecule has 4 saturated carbocycles. The van der Waals surface area contributed by atoms with Crippen molar-refractivity contribution in [3.8, 4) is 0 Å². The highest BCUT2D eigenvalue weighted by atomic mass is 16.5. The summed E-state index contributed by atoms with van der Waals surface area (Å²) < 4.78 is 5.20. The summed E-state index contributed by atoms with van der Waals surface area (Å²) in [7, 11) is 1.72. The monoisotopic (exact) mass is 448 g/mol. The van der Waals surface area contributed by atoms with Crippen LogP contribution < -0.4 is 0 Å². The molecule has 4 fully saturated rings. The third-order valence-electron chi connectivity index (χ3n) is 11.7. The van der Waals surface area contributed by atoms with Gasteiger partial charge in [-0.25, -0.2) is 0 Å². The lowest BCUT2D eigenvalue weighted by atomic mass is 9.43. The number of fused-ring (bicyclic) bond motifs is 5. The van der Waals surface area contributed by atoms with Crippen molar-refractivity contribution in [3.63, 3.8) is 0 Å². The van der Waals surface area contributed by atoms with Gasteiger partial charge in [-0.2, -0.15) is 0 Å². The van der Waals surface area contributed by atoms with E-state index in [4.69, 9.17) is 4.74 Å². The van der Waals surface area contributed by atoms with Crippen LogP contribution in [0.4, 0.5) is 0 Å². The molecule has 0 aromatic carbocycles. The van der Waals surface area contributed by atoms with Crippen molar-refractivity contribution < 1.29 is 14.9 Å². The average Bonchev–Trinajstić information content (AvgIpc) is 3.08. The smallest absolute Gasteiger partial charge is 0.0641 e. The maximum atomic E-state index is 10.8. The molecule has 0 radical (unpaired) electrons. The van der Waals surface area contributed by atoms with E-state index in [0.29, 0.717) is 23.4 Å². The lowest BCUT2D eigenvalue weighted by molar-refractivity contribution is -0.148. The number of methoxy groups -OCH3 is 1. The Hall–Kier alpha value is -0.120. The second-order valence-corrected chi connectivity index (χ2v) is 13.8. The number of rotatable bonds is 7. The summed E-state index contributed by atoms with van der Waals surface area (Å²) in [6.45, 7) is 12.4. The van der Waals surface area contributed by atoms with Crippen molar-refractivity contribution in [2.75, 3.05) is 13.7 Å². The van der Waals surface area contributed by atoms with Gasteiger partial charge in [0.1, 0.15) is 0 Å². The van der Waals surface area contributed by atoms with Crippen LogP contribution in [0.3, 0.4) is 0 Å². The zero-order valence-corrected chi connectivity index (χ0v) is 22.0. The van der Waals surface area contributed by atoms with Gasteiger partial charge in [0, 0.05) is 13.7 Å². The van der Waals surface area contributed by atoms with Gasteiger partial charge in [0.15, 0.2) is 0 Å². The Balaban J connectivity index is 1.43. The Labute approximate surface area is 198 Å². The normalized spacial score (nSPS) is 48.9. The number of ether oxygens (including phenoxy) is 1. The Morgan fingerprint density at radius 2 is 1.66 bits per heavy atom. The van der Waals surface area contributed by atoms with E-state index in [1.165, 1.54) is 44.9 Å². The minimum atomic E-state index is -0.601. The molecule has 186 valence electrons. The lowest BCUT2D eigenvalue weighted by Gasteiger charge is -2.62. The Morgan fingerprint density at radius 3 is 2.38 bits per heavy atom. The van der Waals surface area contributed by atoms with Crippen LogP contribution in [0.5, 0.6) is 0 Å². The summed E-state index contributed by atoms with van der Waals surface area (Å²) >= 11 is 0. The van der Waals surface area contributed by atoms with Gasteiger partial charge in [0.05, 0.1) is 11.2 Å². The van der Waals surface area contributed by atoms with Gasteiger partial charge >= 0.3 is 0 Å². The molecule has 0 aromatic rings. The zero-order valence-electron chi connectivity index (χ0n) is 22.0. The summed E-state index contributed by atoms with van der Waals surface area (Å²) in [6.07, 6.45) is 14.3. The van der Waals surface area contributed by atoms with Gasteiger partial charge in [0.2, 0.25) is 0 Å². The predicted octanol–water partition coefficient (Wildman–Crippen LogP) is 6.60. The highest BCUT2D eigenvalue weighted by molar-refractivity contribution is 5.10. The molecule has 0 bridgehead atoms. The van der Waals surface area contributed by atoms with Crippen LogP contribution in [0.2, 0.25) is 0 Å². The van der Waals surface area contributed by atoms with Gasteiger partial charge in [-0.05, 0) is 137 Å². The highest BCUT2D eigenvalue weighted by Crippen LogP contribution is 2.68. The van der Waals surface area contributed by atoms with E-state index in [-0.39, 0.29) is 0 Å². The van der Waals surface area contributed by atoms with Crippen LogP contribution in [0.15, 0.2) is 0 Å².